The first-order valence-electron chi connectivity index (χ1n) is 51.6. The van der Waals surface area contributed by atoms with Crippen LogP contribution >= 0.6 is 0 Å². The molecule has 0 aromatic carbocycles. The smallest absolute Gasteiger partial charge is 0.0297 e. The summed E-state index contributed by atoms with van der Waals surface area (Å²) in [5.41, 5.74) is 3.96. The first kappa shape index (κ1) is 92.9. The highest BCUT2D eigenvalue weighted by Gasteiger charge is 2.51. The molecule has 0 N–H and O–H groups in total. The van der Waals surface area contributed by atoms with Crippen molar-refractivity contribution < 1.29 is 0 Å². The maximum atomic E-state index is 2.49. The molecule has 0 spiro atoms. The van der Waals surface area contributed by atoms with Crippen LogP contribution in [-0.2, 0) is 0 Å². The van der Waals surface area contributed by atoms with E-state index in [-0.39, 0.29) is 0 Å². The van der Waals surface area contributed by atoms with Gasteiger partial charge >= 0.3 is 0 Å². The Morgan fingerprint density at radius 3 is 0.908 bits per heavy atom. The summed E-state index contributed by atoms with van der Waals surface area (Å²) in [4.78, 5) is 0. The van der Waals surface area contributed by atoms with E-state index in [1.807, 2.05) is 0 Å². The predicted octanol–water partition coefficient (Wildman–Crippen LogP) is 35.7. The van der Waals surface area contributed by atoms with E-state index in [4.69, 9.17) is 0 Å². The van der Waals surface area contributed by atoms with Crippen LogP contribution in [0.4, 0.5) is 0 Å². The third-order valence-corrected chi connectivity index (χ3v) is 41.5. The van der Waals surface area contributed by atoms with Gasteiger partial charge in [0.2, 0.25) is 0 Å². The monoisotopic (exact) mass is 1510 g/mol. The minimum atomic E-state index is 0.571. The Balaban J connectivity index is 0.000000137. The third-order valence-electron chi connectivity index (χ3n) is 41.5. The van der Waals surface area contributed by atoms with Crippen molar-refractivity contribution in [2.24, 2.45) is 198 Å². The molecule has 16 bridgehead atoms. The van der Waals surface area contributed by atoms with Crippen LogP contribution in [0.1, 0.15) is 494 Å². The quantitative estimate of drug-likeness (QED) is 0.264. The highest BCUT2D eigenvalue weighted by molar-refractivity contribution is 5.01. The molecular formula is C109H202. The highest BCUT2D eigenvalue weighted by Crippen LogP contribution is 2.61. The van der Waals surface area contributed by atoms with Crippen molar-refractivity contribution >= 4 is 0 Å². The van der Waals surface area contributed by atoms with Gasteiger partial charge in [0, 0.05) is 0 Å². The summed E-state index contributed by atoms with van der Waals surface area (Å²) in [7, 11) is 0. The van der Waals surface area contributed by atoms with Crippen molar-refractivity contribution in [2.75, 3.05) is 0 Å². The standard InChI is InChI=1S/C11H22.3C10H18.4C9H16.C9H18.C8H14.C8H16.C7H14/c1-9-10(2,3)7-6-8-11(9,4)5;1-7-8-4-5-9(6-8)10(7,2)3;1-8-7-9-3-5-10(8,2)6-4-9;1-7-8(2)10-5-3-9(7)4-6-10;1-7-5-8-3-4-9(7,2)6-8;1-6-7(2)9-4-3-8(6)5-9;1-7-6-8-2-4-9(7)5-3-8;1-2-8-5-7-3-4-9(8)6-7;1-8-6-4-5-7-9(8,2)3;1-6-4-7-2-3-8(6)5-7;1-2-8-6-4-3-5-7-8;1-2-7-5-3-4-6-7/h9H,6-8H2,1-5H3;7-9H,4-6H2,1-3H3;8-9H,3-7H2,1-2H3;7-10H,3-6H2,1-2H3;7-8H,3-6H2,1-2H3;6-9H,3-5H2,1-2H3;2*7-9H,2-6H2,1H3;8H,4-7H2,1-3H3;6-8H,2-5H2,1H3;8H,2-7H2,1H3;7H,2-6H2,1H3/t;7-,8?,9?;8-,9?,10?;7-,8?,9?,10?;7-,8?,9?;6-,7?,8?,9?;7-,8?,9?;;8-;6-,7?,8?;;/m.100000.10../s1. The first-order chi connectivity index (χ1) is 51.6. The van der Waals surface area contributed by atoms with Gasteiger partial charge in [-0.25, -0.2) is 0 Å². The van der Waals surface area contributed by atoms with Crippen LogP contribution in [0, 0.1) is 198 Å². The third kappa shape index (κ3) is 25.5. The molecule has 0 radical (unpaired) electrons. The lowest BCUT2D eigenvalue weighted by Crippen LogP contribution is -2.38. The Labute approximate surface area is 687 Å². The fraction of sp³-hybridized carbons (Fsp3) is 1.00. The normalized spacial score (nSPS) is 44.9. The van der Waals surface area contributed by atoms with E-state index >= 15 is 0 Å². The van der Waals surface area contributed by atoms with Gasteiger partial charge < -0.3 is 0 Å². The minimum absolute atomic E-state index is 0.571. The Morgan fingerprint density at radius 2 is 0.651 bits per heavy atom. The average Bonchev–Trinajstić information content (AvgIpc) is 1.68. The molecule has 23 aliphatic carbocycles. The molecule has 23 rings (SSSR count). The lowest BCUT2D eigenvalue weighted by molar-refractivity contribution is 0.0209. The predicted molar refractivity (Wildman–Crippen MR) is 484 cm³/mol. The summed E-state index contributed by atoms with van der Waals surface area (Å²) >= 11 is 0. The number of fused-ring (bicyclic) bond motifs is 19. The zero-order valence-corrected chi connectivity index (χ0v) is 79.2. The van der Waals surface area contributed by atoms with Crippen molar-refractivity contribution in [1.29, 1.82) is 0 Å². The molecule has 0 amide bonds. The topological polar surface area (TPSA) is 0 Å². The van der Waals surface area contributed by atoms with Crippen LogP contribution < -0.4 is 0 Å². The van der Waals surface area contributed by atoms with E-state index < -0.39 is 0 Å². The van der Waals surface area contributed by atoms with Crippen LogP contribution in [0.3, 0.4) is 0 Å². The van der Waals surface area contributed by atoms with E-state index in [9.17, 15) is 0 Å². The summed E-state index contributed by atoms with van der Waals surface area (Å²) in [6.45, 7) is 58.1. The van der Waals surface area contributed by atoms with E-state index in [2.05, 4.69) is 166 Å². The summed E-state index contributed by atoms with van der Waals surface area (Å²) in [6.07, 6.45) is 77.2. The summed E-state index contributed by atoms with van der Waals surface area (Å²) in [5.74, 6) is 30.1. The molecule has 23 aliphatic rings. The van der Waals surface area contributed by atoms with Gasteiger partial charge in [0.1, 0.15) is 0 Å². The van der Waals surface area contributed by atoms with Crippen LogP contribution in [0.5, 0.6) is 0 Å². The Hall–Kier alpha value is 0. The van der Waals surface area contributed by atoms with Crippen LogP contribution in [0.15, 0.2) is 0 Å². The molecule has 0 aliphatic heterocycles. The number of rotatable bonds is 3. The second-order valence-electron chi connectivity index (χ2n) is 49.1. The molecule has 109 heavy (non-hydrogen) atoms. The fourth-order valence-electron chi connectivity index (χ4n) is 30.1. The molecule has 638 valence electrons. The van der Waals surface area contributed by atoms with Gasteiger partial charge in [0.05, 0.1) is 0 Å². The Bertz CT molecular complexity index is 2410. The van der Waals surface area contributed by atoms with Crippen molar-refractivity contribution in [2.45, 2.75) is 494 Å². The summed E-state index contributed by atoms with van der Waals surface area (Å²) in [6, 6.07) is 0. The summed E-state index contributed by atoms with van der Waals surface area (Å²) < 4.78 is 0. The Morgan fingerprint density at radius 1 is 0.248 bits per heavy atom. The molecule has 23 saturated carbocycles. The maximum absolute atomic E-state index is 2.49. The maximum Gasteiger partial charge on any atom is -0.0297 e. The second-order valence-corrected chi connectivity index (χ2v) is 49.1. The van der Waals surface area contributed by atoms with Gasteiger partial charge in [-0.05, 0) is 397 Å². The second kappa shape index (κ2) is 42.3. The fourth-order valence-corrected chi connectivity index (χ4v) is 30.1. The zero-order chi connectivity index (χ0) is 79.2. The SMILES string of the molecule is CC1C(C)(C)CCCC1(C)C.CC1C2CCC(C2)[C@H]1C.CC1C2CCC(CC2)[C@H]1C.CCC1CC2CCC1C2.CCC1CCCC1.CCC1CCCCC1.C[C@@H]1C2CCC(C2)C1(C)C.C[C@@H]1CCCCC1(C)C.C[C@H]1CC2CCC1(C)C2.C[C@H]1CC2CCC1(C)CC2.C[C@H]1CC2CCC1C2.C[C@H]1CC2CCC1CC2. The van der Waals surface area contributed by atoms with Gasteiger partial charge in [-0.15, -0.1) is 0 Å². The number of hydrogen-bond donors (Lipinski definition) is 0. The van der Waals surface area contributed by atoms with Crippen LogP contribution in [0.2, 0.25) is 0 Å². The molecule has 0 heteroatoms. The van der Waals surface area contributed by atoms with Crippen molar-refractivity contribution in [1.82, 2.24) is 0 Å². The minimum Gasteiger partial charge on any atom is -0.0651 e. The van der Waals surface area contributed by atoms with Crippen LogP contribution in [-0.4, -0.2) is 0 Å². The molecule has 0 aromatic rings. The summed E-state index contributed by atoms with van der Waals surface area (Å²) in [5, 5.41) is 0. The van der Waals surface area contributed by atoms with Crippen molar-refractivity contribution in [3.63, 3.8) is 0 Å². The van der Waals surface area contributed by atoms with E-state index in [0.717, 1.165) is 177 Å². The molecule has 21 atom stereocenters. The molecule has 0 nitrogen and oxygen atoms in total. The Kier molecular flexibility index (Phi) is 36.0. The molecule has 0 saturated heterocycles. The van der Waals surface area contributed by atoms with Crippen molar-refractivity contribution in [3.05, 3.63) is 0 Å². The van der Waals surface area contributed by atoms with Gasteiger partial charge in [-0.2, -0.15) is 0 Å². The molecule has 13 unspecified atom stereocenters. The average molecular weight is 1510 g/mol. The first-order valence-corrected chi connectivity index (χ1v) is 51.6. The number of hydrogen-bond acceptors (Lipinski definition) is 0. The van der Waals surface area contributed by atoms with Crippen molar-refractivity contribution in [3.8, 4) is 0 Å². The van der Waals surface area contributed by atoms with Gasteiger partial charge in [0.25, 0.3) is 0 Å². The molecular weight excluding hydrogens is 1310 g/mol. The van der Waals surface area contributed by atoms with E-state index in [1.165, 1.54) is 238 Å². The van der Waals surface area contributed by atoms with E-state index in [0.29, 0.717) is 21.7 Å². The van der Waals surface area contributed by atoms with Gasteiger partial charge in [0.15, 0.2) is 0 Å². The molecule has 0 heterocycles. The highest BCUT2D eigenvalue weighted by atomic mass is 14.6. The van der Waals surface area contributed by atoms with Gasteiger partial charge in [-0.3, -0.25) is 0 Å². The lowest BCUT2D eigenvalue weighted by atomic mass is 9.57. The molecule has 23 fully saturated rings. The zero-order valence-electron chi connectivity index (χ0n) is 79.2. The van der Waals surface area contributed by atoms with Crippen LogP contribution in [0.25, 0.3) is 0 Å². The van der Waals surface area contributed by atoms with E-state index in [1.54, 1.807) is 89.9 Å². The molecule has 0 aromatic heterocycles. The largest absolute Gasteiger partial charge is 0.0651 e. The van der Waals surface area contributed by atoms with Gasteiger partial charge in [-0.1, -0.05) is 295 Å². The lowest BCUT2D eigenvalue weighted by Gasteiger charge is -2.49.